The van der Waals surface area contributed by atoms with E-state index in [1.165, 1.54) is 0 Å². The van der Waals surface area contributed by atoms with Gasteiger partial charge in [-0.2, -0.15) is 0 Å². The first-order valence-corrected chi connectivity index (χ1v) is 5.53. The summed E-state index contributed by atoms with van der Waals surface area (Å²) in [7, 11) is 0. The van der Waals surface area contributed by atoms with Gasteiger partial charge < -0.3 is 19.7 Å². The third-order valence-corrected chi connectivity index (χ3v) is 1.55. The predicted octanol–water partition coefficient (Wildman–Crippen LogP) is 1.20. The highest BCUT2D eigenvalue weighted by Crippen LogP contribution is 1.99. The summed E-state index contributed by atoms with van der Waals surface area (Å²) in [4.78, 5) is 0. The Hall–Kier alpha value is -0.160. The van der Waals surface area contributed by atoms with E-state index < -0.39 is 0 Å². The summed E-state index contributed by atoms with van der Waals surface area (Å²) >= 11 is 0. The van der Waals surface area contributed by atoms with Crippen LogP contribution in [0.4, 0.5) is 0 Å². The molecule has 4 nitrogen and oxygen atoms in total. The Balaban J connectivity index is 0. The van der Waals surface area contributed by atoms with Crippen molar-refractivity contribution in [2.45, 2.75) is 46.3 Å². The lowest BCUT2D eigenvalue weighted by Gasteiger charge is -2.12. The van der Waals surface area contributed by atoms with Gasteiger partial charge in [0.15, 0.2) is 0 Å². The summed E-state index contributed by atoms with van der Waals surface area (Å²) in [6.07, 6.45) is 1.91. The summed E-state index contributed by atoms with van der Waals surface area (Å²) in [5, 5.41) is 16.2. The Kier molecular flexibility index (Phi) is 15.9. The second kappa shape index (κ2) is 13.8. The van der Waals surface area contributed by atoms with Gasteiger partial charge in [0.2, 0.25) is 0 Å². The normalized spacial score (nSPS) is 12.2. The standard InChI is InChI=1S/C7H16O.C4H10O3/c1-5-7(4)8-6(2)3;5-1-3-7-4-2-6/h6-7H,5H2,1-4H3;5-6H,1-4H2. The summed E-state index contributed by atoms with van der Waals surface area (Å²) in [6, 6.07) is 0. The van der Waals surface area contributed by atoms with Crippen molar-refractivity contribution in [3.8, 4) is 0 Å². The Morgan fingerprint density at radius 3 is 1.67 bits per heavy atom. The Labute approximate surface area is 93.2 Å². The molecule has 0 fully saturated rings. The Bertz CT molecular complexity index is 103. The maximum atomic E-state index is 8.09. The minimum Gasteiger partial charge on any atom is -0.394 e. The van der Waals surface area contributed by atoms with Crippen LogP contribution in [0.2, 0.25) is 0 Å². The van der Waals surface area contributed by atoms with E-state index >= 15 is 0 Å². The third-order valence-electron chi connectivity index (χ3n) is 1.55. The van der Waals surface area contributed by atoms with Crippen LogP contribution in [0.1, 0.15) is 34.1 Å². The van der Waals surface area contributed by atoms with Gasteiger partial charge in [0.05, 0.1) is 38.6 Å². The van der Waals surface area contributed by atoms with Gasteiger partial charge in [0, 0.05) is 0 Å². The van der Waals surface area contributed by atoms with Crippen LogP contribution < -0.4 is 0 Å². The van der Waals surface area contributed by atoms with E-state index in [0.29, 0.717) is 25.4 Å². The van der Waals surface area contributed by atoms with Gasteiger partial charge in [-0.15, -0.1) is 0 Å². The molecule has 0 aromatic heterocycles. The SMILES string of the molecule is CCC(C)OC(C)C.OCCOCCO. The van der Waals surface area contributed by atoms with Gasteiger partial charge in [-0.1, -0.05) is 6.92 Å². The second-order valence-electron chi connectivity index (χ2n) is 3.46. The van der Waals surface area contributed by atoms with Crippen LogP contribution in [0.5, 0.6) is 0 Å². The summed E-state index contributed by atoms with van der Waals surface area (Å²) < 4.78 is 10.0. The fraction of sp³-hybridized carbons (Fsp3) is 1.00. The van der Waals surface area contributed by atoms with Crippen LogP contribution in [0.25, 0.3) is 0 Å². The number of hydrogen-bond acceptors (Lipinski definition) is 4. The molecule has 0 aromatic carbocycles. The zero-order valence-electron chi connectivity index (χ0n) is 10.4. The first-order valence-electron chi connectivity index (χ1n) is 5.53. The first-order chi connectivity index (χ1) is 7.08. The lowest BCUT2D eigenvalue weighted by Crippen LogP contribution is -2.12. The number of aliphatic hydroxyl groups is 2. The van der Waals surface area contributed by atoms with E-state index in [1.54, 1.807) is 0 Å². The van der Waals surface area contributed by atoms with Crippen molar-refractivity contribution < 1.29 is 19.7 Å². The van der Waals surface area contributed by atoms with Crippen molar-refractivity contribution in [2.24, 2.45) is 0 Å². The molecule has 0 amide bonds. The van der Waals surface area contributed by atoms with E-state index in [-0.39, 0.29) is 13.2 Å². The van der Waals surface area contributed by atoms with Crippen molar-refractivity contribution in [1.82, 2.24) is 0 Å². The molecule has 0 aromatic rings. The number of ether oxygens (including phenoxy) is 2. The molecule has 4 heteroatoms. The second-order valence-corrected chi connectivity index (χ2v) is 3.46. The van der Waals surface area contributed by atoms with Crippen molar-refractivity contribution in [2.75, 3.05) is 26.4 Å². The maximum absolute atomic E-state index is 8.09. The molecule has 0 aliphatic rings. The molecule has 0 spiro atoms. The Morgan fingerprint density at radius 2 is 1.47 bits per heavy atom. The van der Waals surface area contributed by atoms with Crippen LogP contribution >= 0.6 is 0 Å². The zero-order chi connectivity index (χ0) is 12.1. The number of hydrogen-bond donors (Lipinski definition) is 2. The molecule has 0 bridgehead atoms. The largest absolute Gasteiger partial charge is 0.394 e. The number of aliphatic hydroxyl groups excluding tert-OH is 2. The average molecular weight is 222 g/mol. The molecule has 94 valence electrons. The molecular formula is C11H26O4. The van der Waals surface area contributed by atoms with Crippen LogP contribution in [0, 0.1) is 0 Å². The van der Waals surface area contributed by atoms with Crippen molar-refractivity contribution in [1.29, 1.82) is 0 Å². The molecule has 0 saturated carbocycles. The Morgan fingerprint density at radius 1 is 1.00 bits per heavy atom. The highest BCUT2D eigenvalue weighted by atomic mass is 16.5. The quantitative estimate of drug-likeness (QED) is 0.635. The van der Waals surface area contributed by atoms with Crippen LogP contribution in [0.3, 0.4) is 0 Å². The van der Waals surface area contributed by atoms with Crippen LogP contribution in [0.15, 0.2) is 0 Å². The van der Waals surface area contributed by atoms with E-state index in [9.17, 15) is 0 Å². The molecular weight excluding hydrogens is 196 g/mol. The van der Waals surface area contributed by atoms with Crippen LogP contribution in [-0.4, -0.2) is 48.8 Å². The van der Waals surface area contributed by atoms with Crippen molar-refractivity contribution >= 4 is 0 Å². The van der Waals surface area contributed by atoms with Gasteiger partial charge in [0.25, 0.3) is 0 Å². The third kappa shape index (κ3) is 20.0. The first kappa shape index (κ1) is 17.2. The molecule has 15 heavy (non-hydrogen) atoms. The average Bonchev–Trinajstić information content (AvgIpc) is 2.18. The van der Waals surface area contributed by atoms with Crippen molar-refractivity contribution in [3.63, 3.8) is 0 Å². The zero-order valence-corrected chi connectivity index (χ0v) is 10.4. The molecule has 0 aliphatic carbocycles. The van der Waals surface area contributed by atoms with E-state index in [4.69, 9.17) is 14.9 Å². The lowest BCUT2D eigenvalue weighted by molar-refractivity contribution is 0.0172. The minimum atomic E-state index is 0.0278. The number of rotatable bonds is 7. The molecule has 0 radical (unpaired) electrons. The van der Waals surface area contributed by atoms with Crippen molar-refractivity contribution in [3.05, 3.63) is 0 Å². The molecule has 0 aliphatic heterocycles. The van der Waals surface area contributed by atoms with Crippen LogP contribution in [-0.2, 0) is 9.47 Å². The molecule has 2 N–H and O–H groups in total. The minimum absolute atomic E-state index is 0.0278. The fourth-order valence-corrected chi connectivity index (χ4v) is 0.792. The highest BCUT2D eigenvalue weighted by Gasteiger charge is 1.99. The highest BCUT2D eigenvalue weighted by molar-refractivity contribution is 4.46. The van der Waals surface area contributed by atoms with Gasteiger partial charge in [0.1, 0.15) is 0 Å². The van der Waals surface area contributed by atoms with E-state index in [0.717, 1.165) is 6.42 Å². The lowest BCUT2D eigenvalue weighted by atomic mass is 10.3. The van der Waals surface area contributed by atoms with Gasteiger partial charge in [-0.3, -0.25) is 0 Å². The summed E-state index contributed by atoms with van der Waals surface area (Å²) in [5.41, 5.74) is 0. The molecule has 0 saturated heterocycles. The topological polar surface area (TPSA) is 58.9 Å². The van der Waals surface area contributed by atoms with Gasteiger partial charge >= 0.3 is 0 Å². The van der Waals surface area contributed by atoms with Gasteiger partial charge in [-0.25, -0.2) is 0 Å². The molecule has 1 unspecified atom stereocenters. The smallest absolute Gasteiger partial charge is 0.0698 e. The monoisotopic (exact) mass is 222 g/mol. The molecule has 0 rings (SSSR count). The summed E-state index contributed by atoms with van der Waals surface area (Å²) in [6.45, 7) is 9.05. The molecule has 1 atom stereocenters. The van der Waals surface area contributed by atoms with E-state index in [1.807, 2.05) is 0 Å². The van der Waals surface area contributed by atoms with E-state index in [2.05, 4.69) is 32.4 Å². The summed E-state index contributed by atoms with van der Waals surface area (Å²) in [5.74, 6) is 0. The predicted molar refractivity (Wildman–Crippen MR) is 61.0 cm³/mol. The molecule has 0 heterocycles. The maximum Gasteiger partial charge on any atom is 0.0698 e. The van der Waals surface area contributed by atoms with Gasteiger partial charge in [-0.05, 0) is 27.2 Å². The fourth-order valence-electron chi connectivity index (χ4n) is 0.792.